The number of carbonyl (C=O) groups is 2. The number of allylic oxidation sites excluding steroid dienone is 1. The Bertz CT molecular complexity index is 1880. The molecule has 1 unspecified atom stereocenters. The third-order valence-electron chi connectivity index (χ3n) is 7.46. The zero-order valence-corrected chi connectivity index (χ0v) is 29.0. The summed E-state index contributed by atoms with van der Waals surface area (Å²) in [5, 5.41) is 6.54. The van der Waals surface area contributed by atoms with Gasteiger partial charge in [0.05, 0.1) is 22.4 Å². The number of nitrogens with one attached hydrogen (secondary N) is 2. The Kier molecular flexibility index (Phi) is 11.7. The topological polar surface area (TPSA) is 113 Å². The van der Waals surface area contributed by atoms with Crippen LogP contribution in [0.15, 0.2) is 91.0 Å². The van der Waals surface area contributed by atoms with Gasteiger partial charge < -0.3 is 10.6 Å². The first-order valence-electron chi connectivity index (χ1n) is 15.1. The van der Waals surface area contributed by atoms with E-state index in [0.29, 0.717) is 27.7 Å². The van der Waals surface area contributed by atoms with Crippen molar-refractivity contribution in [3.8, 4) is 11.1 Å². The quantitative estimate of drug-likeness (QED) is 0.136. The van der Waals surface area contributed by atoms with Gasteiger partial charge in [-0.05, 0) is 88.5 Å². The second kappa shape index (κ2) is 15.3. The van der Waals surface area contributed by atoms with E-state index < -0.39 is 27.7 Å². The first-order valence-corrected chi connectivity index (χ1v) is 17.4. The number of hydrogen-bond donors (Lipinski definition) is 3. The van der Waals surface area contributed by atoms with Gasteiger partial charge in [0.25, 0.3) is 16.0 Å². The predicted molar refractivity (Wildman–Crippen MR) is 192 cm³/mol. The summed E-state index contributed by atoms with van der Waals surface area (Å²) in [4.78, 5) is 26.3. The van der Waals surface area contributed by atoms with E-state index in [1.807, 2.05) is 61.5 Å². The summed E-state index contributed by atoms with van der Waals surface area (Å²) in [7, 11) is -4.18. The van der Waals surface area contributed by atoms with Crippen LogP contribution in [0.2, 0.25) is 10.0 Å². The van der Waals surface area contributed by atoms with Gasteiger partial charge >= 0.3 is 0 Å². The molecule has 0 fully saturated rings. The first kappa shape index (κ1) is 35.9. The molecule has 246 valence electrons. The normalized spacial score (nSPS) is 12.6. The van der Waals surface area contributed by atoms with E-state index in [-0.39, 0.29) is 17.9 Å². The largest absolute Gasteiger partial charge is 0.351 e. The molecule has 0 aliphatic rings. The Morgan fingerprint density at radius 2 is 1.60 bits per heavy atom. The molecule has 0 saturated heterocycles. The van der Waals surface area contributed by atoms with Crippen molar-refractivity contribution in [1.82, 2.24) is 5.32 Å². The van der Waals surface area contributed by atoms with E-state index in [0.717, 1.165) is 33.4 Å². The fourth-order valence-electron chi connectivity index (χ4n) is 4.93. The molecule has 4 aromatic rings. The smallest absolute Gasteiger partial charge is 0.266 e. The van der Waals surface area contributed by atoms with Crippen molar-refractivity contribution < 1.29 is 22.6 Å². The third-order valence-corrected chi connectivity index (χ3v) is 8.73. The van der Waals surface area contributed by atoms with Gasteiger partial charge in [-0.25, -0.2) is 0 Å². The molecule has 0 aliphatic carbocycles. The van der Waals surface area contributed by atoms with Gasteiger partial charge in [-0.1, -0.05) is 105 Å². The predicted octanol–water partition coefficient (Wildman–Crippen LogP) is 8.61. The van der Waals surface area contributed by atoms with E-state index in [1.54, 1.807) is 30.3 Å². The molecule has 47 heavy (non-hydrogen) atoms. The van der Waals surface area contributed by atoms with Crippen LogP contribution in [0.5, 0.6) is 0 Å². The minimum atomic E-state index is -4.18. The average Bonchev–Trinajstić information content (AvgIpc) is 2.99. The minimum absolute atomic E-state index is 0.0295. The van der Waals surface area contributed by atoms with Crippen molar-refractivity contribution in [2.24, 2.45) is 5.41 Å². The van der Waals surface area contributed by atoms with Crippen molar-refractivity contribution in [2.45, 2.75) is 40.0 Å². The Morgan fingerprint density at radius 1 is 0.915 bits per heavy atom. The van der Waals surface area contributed by atoms with E-state index >= 15 is 0 Å². The maximum Gasteiger partial charge on any atom is 0.266 e. The number of carbonyl (C=O) groups excluding carboxylic acids is 2. The molecular weight excluding hydrogens is 655 g/mol. The number of anilines is 1. The highest BCUT2D eigenvalue weighted by molar-refractivity contribution is 7.85. The van der Waals surface area contributed by atoms with Gasteiger partial charge in [0.15, 0.2) is 0 Å². The lowest BCUT2D eigenvalue weighted by Crippen LogP contribution is -2.28. The highest BCUT2D eigenvalue weighted by Gasteiger charge is 2.23. The molecule has 4 rings (SSSR count). The number of hydrogen-bond acceptors (Lipinski definition) is 4. The van der Waals surface area contributed by atoms with Crippen LogP contribution < -0.4 is 10.6 Å². The van der Waals surface area contributed by atoms with Crippen molar-refractivity contribution in [1.29, 1.82) is 0 Å². The van der Waals surface area contributed by atoms with Gasteiger partial charge in [0, 0.05) is 17.1 Å². The summed E-state index contributed by atoms with van der Waals surface area (Å²) in [5.74, 6) is -1.88. The van der Waals surface area contributed by atoms with Crippen molar-refractivity contribution in [3.05, 3.63) is 129 Å². The maximum atomic E-state index is 13.9. The third kappa shape index (κ3) is 10.8. The standard InChI is InChI=1S/C37H38Cl2N2O5S/c1-24-21-30(38)14-15-31(24)29-13-16-34(33(39)23-29)41-36(43)32(27-9-5-25(6-10-27)17-18-37(2,3)4)22-26-7-11-28(12-8-26)35(42)40-19-20-47(44,45)46/h5-18,21,23,32H,19-20,22H2,1-4H3,(H,40,42)(H,41,43)(H,44,45,46)/b18-17+. The van der Waals surface area contributed by atoms with E-state index in [9.17, 15) is 18.0 Å². The van der Waals surface area contributed by atoms with Gasteiger partial charge in [0.2, 0.25) is 5.91 Å². The minimum Gasteiger partial charge on any atom is -0.351 e. The Hall–Kier alpha value is -3.95. The summed E-state index contributed by atoms with van der Waals surface area (Å²) in [6.07, 6.45) is 4.53. The molecule has 7 nitrogen and oxygen atoms in total. The number of benzene rings is 4. The number of rotatable bonds is 11. The number of amides is 2. The Morgan fingerprint density at radius 3 is 2.19 bits per heavy atom. The van der Waals surface area contributed by atoms with Gasteiger partial charge in [-0.15, -0.1) is 0 Å². The summed E-state index contributed by atoms with van der Waals surface area (Å²) in [6.45, 7) is 8.14. The fraction of sp³-hybridized carbons (Fsp3) is 0.243. The van der Waals surface area contributed by atoms with E-state index in [1.165, 1.54) is 0 Å². The second-order valence-electron chi connectivity index (χ2n) is 12.5. The molecule has 10 heteroatoms. The lowest BCUT2D eigenvalue weighted by Gasteiger charge is -2.19. The Balaban J connectivity index is 1.57. The lowest BCUT2D eigenvalue weighted by atomic mass is 9.89. The molecule has 0 saturated carbocycles. The van der Waals surface area contributed by atoms with Crippen molar-refractivity contribution in [2.75, 3.05) is 17.6 Å². The summed E-state index contributed by atoms with van der Waals surface area (Å²) >= 11 is 12.8. The molecule has 0 heterocycles. The molecule has 3 N–H and O–H groups in total. The Labute approximate surface area is 286 Å². The van der Waals surface area contributed by atoms with Crippen LogP contribution in [0.4, 0.5) is 5.69 Å². The van der Waals surface area contributed by atoms with Crippen LogP contribution >= 0.6 is 23.2 Å². The number of aryl methyl sites for hydroxylation is 1. The molecule has 2 amide bonds. The molecule has 0 aromatic heterocycles. The molecule has 4 aromatic carbocycles. The second-order valence-corrected chi connectivity index (χ2v) is 14.9. The van der Waals surface area contributed by atoms with Crippen molar-refractivity contribution >= 4 is 56.9 Å². The van der Waals surface area contributed by atoms with Crippen LogP contribution in [0.25, 0.3) is 17.2 Å². The van der Waals surface area contributed by atoms with E-state index in [4.69, 9.17) is 27.8 Å². The maximum absolute atomic E-state index is 13.9. The van der Waals surface area contributed by atoms with Gasteiger partial charge in [-0.2, -0.15) is 8.42 Å². The highest BCUT2D eigenvalue weighted by Crippen LogP contribution is 2.33. The fourth-order valence-corrected chi connectivity index (χ4v) is 5.74. The highest BCUT2D eigenvalue weighted by atomic mass is 35.5. The van der Waals surface area contributed by atoms with Crippen LogP contribution in [0.3, 0.4) is 0 Å². The summed E-state index contributed by atoms with van der Waals surface area (Å²) < 4.78 is 30.8. The van der Waals surface area contributed by atoms with Gasteiger partial charge in [-0.3, -0.25) is 14.1 Å². The molecule has 0 aliphatic heterocycles. The van der Waals surface area contributed by atoms with Crippen LogP contribution in [0.1, 0.15) is 59.3 Å². The molecule has 0 spiro atoms. The van der Waals surface area contributed by atoms with Crippen LogP contribution in [-0.2, 0) is 21.3 Å². The lowest BCUT2D eigenvalue weighted by molar-refractivity contribution is -0.117. The average molecular weight is 694 g/mol. The molecule has 1 atom stereocenters. The molecule has 0 bridgehead atoms. The summed E-state index contributed by atoms with van der Waals surface area (Å²) in [6, 6.07) is 25.7. The first-order chi connectivity index (χ1) is 22.1. The van der Waals surface area contributed by atoms with E-state index in [2.05, 4.69) is 43.6 Å². The molecule has 0 radical (unpaired) electrons. The monoisotopic (exact) mass is 692 g/mol. The molecular formula is C37H38Cl2N2O5S. The zero-order valence-electron chi connectivity index (χ0n) is 26.7. The van der Waals surface area contributed by atoms with Gasteiger partial charge in [0.1, 0.15) is 0 Å². The van der Waals surface area contributed by atoms with Crippen LogP contribution in [0, 0.1) is 12.3 Å². The summed E-state index contributed by atoms with van der Waals surface area (Å²) in [5.41, 5.74) is 6.38. The van der Waals surface area contributed by atoms with Crippen LogP contribution in [-0.4, -0.2) is 37.1 Å². The SMILES string of the molecule is Cc1cc(Cl)ccc1-c1ccc(NC(=O)C(Cc2ccc(C(=O)NCCS(=O)(=O)O)cc2)c2ccc(/C=C/C(C)(C)C)cc2)c(Cl)c1. The number of halogens is 2. The van der Waals surface area contributed by atoms with Crippen molar-refractivity contribution in [3.63, 3.8) is 0 Å². The zero-order chi connectivity index (χ0) is 34.4.